The summed E-state index contributed by atoms with van der Waals surface area (Å²) >= 11 is 0. The summed E-state index contributed by atoms with van der Waals surface area (Å²) in [5, 5.41) is 3.64. The molecule has 1 N–H and O–H groups in total. The van der Waals surface area contributed by atoms with Crippen LogP contribution in [0.15, 0.2) is 0 Å². The first kappa shape index (κ1) is 14.0. The van der Waals surface area contributed by atoms with Crippen molar-refractivity contribution in [2.45, 2.75) is 66.3 Å². The molecule has 0 bridgehead atoms. The van der Waals surface area contributed by atoms with Gasteiger partial charge in [0.2, 0.25) is 0 Å². The van der Waals surface area contributed by atoms with Crippen LogP contribution in [0.25, 0.3) is 0 Å². The Morgan fingerprint density at radius 2 is 1.50 bits per heavy atom. The van der Waals surface area contributed by atoms with Crippen LogP contribution in [0.2, 0.25) is 0 Å². The van der Waals surface area contributed by atoms with E-state index in [2.05, 4.69) is 39.9 Å². The number of hydrogen-bond acceptors (Lipinski definition) is 1. The SMILES string of the molecule is CCNC(CCC(C)C)C(CC)CC. The van der Waals surface area contributed by atoms with Crippen molar-refractivity contribution in [2.24, 2.45) is 11.8 Å². The molecule has 0 aromatic heterocycles. The Kier molecular flexibility index (Phi) is 8.26. The lowest BCUT2D eigenvalue weighted by Crippen LogP contribution is -2.36. The third-order valence-corrected chi connectivity index (χ3v) is 3.14. The molecule has 0 aliphatic carbocycles. The predicted molar refractivity (Wildman–Crippen MR) is 65.6 cm³/mol. The molecular weight excluding hydrogens is 170 g/mol. The average molecular weight is 199 g/mol. The first-order chi connectivity index (χ1) is 6.65. The lowest BCUT2D eigenvalue weighted by molar-refractivity contribution is 0.305. The number of rotatable bonds is 8. The molecule has 1 nitrogen and oxygen atoms in total. The predicted octanol–water partition coefficient (Wildman–Crippen LogP) is 3.84. The Morgan fingerprint density at radius 3 is 1.86 bits per heavy atom. The van der Waals surface area contributed by atoms with E-state index in [4.69, 9.17) is 0 Å². The van der Waals surface area contributed by atoms with Crippen LogP contribution in [0.1, 0.15) is 60.3 Å². The number of hydrogen-bond donors (Lipinski definition) is 1. The van der Waals surface area contributed by atoms with E-state index in [0.717, 1.165) is 24.4 Å². The second-order valence-corrected chi connectivity index (χ2v) is 4.71. The molecule has 0 spiro atoms. The lowest BCUT2D eigenvalue weighted by Gasteiger charge is -2.26. The molecule has 0 aliphatic heterocycles. The van der Waals surface area contributed by atoms with Crippen molar-refractivity contribution in [3.05, 3.63) is 0 Å². The van der Waals surface area contributed by atoms with E-state index in [-0.39, 0.29) is 0 Å². The fourth-order valence-corrected chi connectivity index (χ4v) is 2.14. The highest BCUT2D eigenvalue weighted by atomic mass is 14.9. The van der Waals surface area contributed by atoms with E-state index in [1.165, 1.54) is 25.7 Å². The molecule has 14 heavy (non-hydrogen) atoms. The van der Waals surface area contributed by atoms with Crippen LogP contribution in [-0.2, 0) is 0 Å². The molecule has 0 aromatic carbocycles. The lowest BCUT2D eigenvalue weighted by atomic mass is 9.89. The maximum absolute atomic E-state index is 3.64. The van der Waals surface area contributed by atoms with Gasteiger partial charge in [0.05, 0.1) is 0 Å². The Bertz CT molecular complexity index is 116. The van der Waals surface area contributed by atoms with Gasteiger partial charge in [-0.2, -0.15) is 0 Å². The van der Waals surface area contributed by atoms with Gasteiger partial charge in [0.25, 0.3) is 0 Å². The van der Waals surface area contributed by atoms with Crippen molar-refractivity contribution in [2.75, 3.05) is 6.54 Å². The van der Waals surface area contributed by atoms with E-state index >= 15 is 0 Å². The van der Waals surface area contributed by atoms with Crippen molar-refractivity contribution in [1.29, 1.82) is 0 Å². The highest BCUT2D eigenvalue weighted by molar-refractivity contribution is 4.74. The Morgan fingerprint density at radius 1 is 0.929 bits per heavy atom. The van der Waals surface area contributed by atoms with Crippen LogP contribution in [0.4, 0.5) is 0 Å². The summed E-state index contributed by atoms with van der Waals surface area (Å²) in [4.78, 5) is 0. The summed E-state index contributed by atoms with van der Waals surface area (Å²) in [6.07, 6.45) is 5.32. The van der Waals surface area contributed by atoms with Crippen LogP contribution in [0, 0.1) is 11.8 Å². The summed E-state index contributed by atoms with van der Waals surface area (Å²) < 4.78 is 0. The van der Waals surface area contributed by atoms with E-state index < -0.39 is 0 Å². The fraction of sp³-hybridized carbons (Fsp3) is 1.00. The van der Waals surface area contributed by atoms with Gasteiger partial charge in [0.15, 0.2) is 0 Å². The maximum atomic E-state index is 3.64. The van der Waals surface area contributed by atoms with Gasteiger partial charge in [-0.1, -0.05) is 47.5 Å². The third kappa shape index (κ3) is 5.64. The standard InChI is InChI=1S/C13H29N/c1-6-12(7-2)13(14-8-3)10-9-11(4)5/h11-14H,6-10H2,1-5H3. The fourth-order valence-electron chi connectivity index (χ4n) is 2.14. The molecular formula is C13H29N. The highest BCUT2D eigenvalue weighted by Crippen LogP contribution is 2.19. The van der Waals surface area contributed by atoms with Crippen LogP contribution in [0.3, 0.4) is 0 Å². The molecule has 86 valence electrons. The zero-order valence-corrected chi connectivity index (χ0v) is 10.8. The smallest absolute Gasteiger partial charge is 0.00951 e. The van der Waals surface area contributed by atoms with Crippen LogP contribution in [-0.4, -0.2) is 12.6 Å². The molecule has 0 radical (unpaired) electrons. The average Bonchev–Trinajstić information content (AvgIpc) is 2.15. The molecule has 1 heteroatoms. The van der Waals surface area contributed by atoms with Gasteiger partial charge >= 0.3 is 0 Å². The topological polar surface area (TPSA) is 12.0 Å². The molecule has 0 rings (SSSR count). The molecule has 0 aliphatic rings. The Balaban J connectivity index is 3.98. The van der Waals surface area contributed by atoms with E-state index in [0.29, 0.717) is 0 Å². The zero-order chi connectivity index (χ0) is 11.0. The highest BCUT2D eigenvalue weighted by Gasteiger charge is 2.17. The molecule has 0 amide bonds. The maximum Gasteiger partial charge on any atom is 0.00951 e. The largest absolute Gasteiger partial charge is 0.314 e. The summed E-state index contributed by atoms with van der Waals surface area (Å²) in [5.74, 6) is 1.71. The molecule has 1 atom stereocenters. The quantitative estimate of drug-likeness (QED) is 0.626. The summed E-state index contributed by atoms with van der Waals surface area (Å²) in [6.45, 7) is 12.6. The van der Waals surface area contributed by atoms with Crippen LogP contribution < -0.4 is 5.32 Å². The van der Waals surface area contributed by atoms with Gasteiger partial charge in [-0.05, 0) is 31.2 Å². The molecule has 1 unspecified atom stereocenters. The zero-order valence-electron chi connectivity index (χ0n) is 10.8. The first-order valence-corrected chi connectivity index (χ1v) is 6.38. The van der Waals surface area contributed by atoms with Gasteiger partial charge in [-0.25, -0.2) is 0 Å². The number of nitrogens with one attached hydrogen (secondary N) is 1. The van der Waals surface area contributed by atoms with Crippen LogP contribution >= 0.6 is 0 Å². The Hall–Kier alpha value is -0.0400. The van der Waals surface area contributed by atoms with Crippen molar-refractivity contribution >= 4 is 0 Å². The molecule has 0 fully saturated rings. The second kappa shape index (κ2) is 8.28. The monoisotopic (exact) mass is 199 g/mol. The van der Waals surface area contributed by atoms with Gasteiger partial charge in [-0.15, -0.1) is 0 Å². The van der Waals surface area contributed by atoms with Crippen LogP contribution in [0.5, 0.6) is 0 Å². The van der Waals surface area contributed by atoms with Crippen molar-refractivity contribution < 1.29 is 0 Å². The molecule has 0 aromatic rings. The Labute approximate surface area is 90.7 Å². The van der Waals surface area contributed by atoms with Gasteiger partial charge in [-0.3, -0.25) is 0 Å². The van der Waals surface area contributed by atoms with E-state index in [1.54, 1.807) is 0 Å². The second-order valence-electron chi connectivity index (χ2n) is 4.71. The van der Waals surface area contributed by atoms with Gasteiger partial charge in [0.1, 0.15) is 0 Å². The van der Waals surface area contributed by atoms with Gasteiger partial charge < -0.3 is 5.32 Å². The summed E-state index contributed by atoms with van der Waals surface area (Å²) in [5.41, 5.74) is 0. The first-order valence-electron chi connectivity index (χ1n) is 6.38. The van der Waals surface area contributed by atoms with Gasteiger partial charge in [0, 0.05) is 6.04 Å². The van der Waals surface area contributed by atoms with Crippen molar-refractivity contribution in [3.8, 4) is 0 Å². The molecule has 0 saturated heterocycles. The van der Waals surface area contributed by atoms with E-state index in [1.807, 2.05) is 0 Å². The summed E-state index contributed by atoms with van der Waals surface area (Å²) in [6, 6.07) is 0.748. The molecule has 0 heterocycles. The van der Waals surface area contributed by atoms with E-state index in [9.17, 15) is 0 Å². The normalized spacial score (nSPS) is 13.9. The minimum atomic E-state index is 0.748. The minimum Gasteiger partial charge on any atom is -0.314 e. The minimum absolute atomic E-state index is 0.748. The van der Waals surface area contributed by atoms with Crippen molar-refractivity contribution in [1.82, 2.24) is 5.32 Å². The third-order valence-electron chi connectivity index (χ3n) is 3.14. The molecule has 0 saturated carbocycles. The van der Waals surface area contributed by atoms with Crippen molar-refractivity contribution in [3.63, 3.8) is 0 Å². The summed E-state index contributed by atoms with van der Waals surface area (Å²) in [7, 11) is 0.